The van der Waals surface area contributed by atoms with Gasteiger partial charge in [-0.15, -0.1) is 0 Å². The number of carbonyl (C=O) groups excluding carboxylic acids is 1. The van der Waals surface area contributed by atoms with Crippen LogP contribution in [0.4, 0.5) is 0 Å². The highest BCUT2D eigenvalue weighted by atomic mass is 16.4. The van der Waals surface area contributed by atoms with E-state index in [1.54, 1.807) is 0 Å². The summed E-state index contributed by atoms with van der Waals surface area (Å²) in [5.74, 6) is -1.38. The number of nitrogens with one attached hydrogen (secondary N) is 1. The maximum Gasteiger partial charge on any atom is 0.319 e. The lowest BCUT2D eigenvalue weighted by Gasteiger charge is -2.11. The summed E-state index contributed by atoms with van der Waals surface area (Å²) in [5, 5.41) is 11.7. The summed E-state index contributed by atoms with van der Waals surface area (Å²) in [4.78, 5) is 22.7. The van der Waals surface area contributed by atoms with E-state index in [2.05, 4.69) is 5.32 Å². The van der Waals surface area contributed by atoms with Gasteiger partial charge in [0.25, 0.3) is 0 Å². The summed E-state index contributed by atoms with van der Waals surface area (Å²) in [6.07, 6.45) is 0.893. The van der Waals surface area contributed by atoms with Crippen LogP contribution in [0.2, 0.25) is 0 Å². The summed E-state index contributed by atoms with van der Waals surface area (Å²) >= 11 is 0. The lowest BCUT2D eigenvalue weighted by molar-refractivity contribution is -0.149. The van der Waals surface area contributed by atoms with E-state index in [-0.39, 0.29) is 5.91 Å². The van der Waals surface area contributed by atoms with Crippen LogP contribution in [-0.4, -0.2) is 17.0 Å². The molecule has 4 heteroatoms. The second kappa shape index (κ2) is 4.20. The minimum Gasteiger partial charge on any atom is -0.480 e. The number of aryl methyl sites for hydroxylation is 1. The minimum absolute atomic E-state index is 0.367. The molecule has 0 aliphatic heterocycles. The van der Waals surface area contributed by atoms with Gasteiger partial charge in [-0.1, -0.05) is 24.3 Å². The van der Waals surface area contributed by atoms with Crippen molar-refractivity contribution in [1.29, 1.82) is 0 Å². The number of amides is 1. The number of hydrogen-bond acceptors (Lipinski definition) is 2. The number of carbonyl (C=O) groups is 2. The van der Waals surface area contributed by atoms with Crippen LogP contribution in [0.15, 0.2) is 24.3 Å². The van der Waals surface area contributed by atoms with E-state index in [1.165, 1.54) is 0 Å². The van der Waals surface area contributed by atoms with E-state index in [0.29, 0.717) is 19.4 Å². The van der Waals surface area contributed by atoms with Crippen molar-refractivity contribution in [2.24, 2.45) is 5.41 Å². The average molecular weight is 233 g/mol. The highest BCUT2D eigenvalue weighted by molar-refractivity contribution is 6.04. The fourth-order valence-corrected chi connectivity index (χ4v) is 1.82. The molecule has 0 heterocycles. The molecule has 1 fully saturated rings. The lowest BCUT2D eigenvalue weighted by Crippen LogP contribution is -2.36. The molecule has 1 aromatic rings. The molecule has 2 rings (SSSR count). The molecular formula is C13H15NO3. The maximum atomic E-state index is 11.8. The van der Waals surface area contributed by atoms with Crippen molar-refractivity contribution in [3.63, 3.8) is 0 Å². The lowest BCUT2D eigenvalue weighted by atomic mass is 10.1. The molecule has 1 aliphatic rings. The van der Waals surface area contributed by atoms with Gasteiger partial charge in [-0.2, -0.15) is 0 Å². The van der Waals surface area contributed by atoms with Gasteiger partial charge in [0, 0.05) is 6.54 Å². The van der Waals surface area contributed by atoms with Crippen molar-refractivity contribution in [3.05, 3.63) is 35.4 Å². The number of benzene rings is 1. The minimum atomic E-state index is -1.15. The maximum absolute atomic E-state index is 11.8. The first-order chi connectivity index (χ1) is 8.06. The molecule has 0 radical (unpaired) electrons. The van der Waals surface area contributed by atoms with Gasteiger partial charge in [-0.25, -0.2) is 0 Å². The van der Waals surface area contributed by atoms with E-state index in [1.807, 2.05) is 31.2 Å². The molecule has 0 spiro atoms. The SMILES string of the molecule is Cc1ccccc1CNC(=O)C1(C(=O)O)CC1. The molecule has 0 bridgehead atoms. The summed E-state index contributed by atoms with van der Waals surface area (Å²) in [5.41, 5.74) is 0.956. The van der Waals surface area contributed by atoms with Gasteiger partial charge in [0.05, 0.1) is 0 Å². The van der Waals surface area contributed by atoms with Crippen LogP contribution in [0.5, 0.6) is 0 Å². The van der Waals surface area contributed by atoms with Crippen molar-refractivity contribution in [2.45, 2.75) is 26.3 Å². The topological polar surface area (TPSA) is 66.4 Å². The van der Waals surface area contributed by atoms with E-state index in [4.69, 9.17) is 5.11 Å². The number of carboxylic acids is 1. The van der Waals surface area contributed by atoms with Crippen LogP contribution in [0, 0.1) is 12.3 Å². The molecule has 1 amide bonds. The molecule has 0 unspecified atom stereocenters. The van der Waals surface area contributed by atoms with E-state index in [0.717, 1.165) is 11.1 Å². The fourth-order valence-electron chi connectivity index (χ4n) is 1.82. The Morgan fingerprint density at radius 1 is 1.35 bits per heavy atom. The number of rotatable bonds is 4. The third kappa shape index (κ3) is 2.16. The van der Waals surface area contributed by atoms with Gasteiger partial charge in [0.15, 0.2) is 0 Å². The molecule has 0 atom stereocenters. The molecular weight excluding hydrogens is 218 g/mol. The molecule has 1 aliphatic carbocycles. The first-order valence-corrected chi connectivity index (χ1v) is 5.62. The first-order valence-electron chi connectivity index (χ1n) is 5.62. The van der Waals surface area contributed by atoms with Crippen molar-refractivity contribution in [3.8, 4) is 0 Å². The van der Waals surface area contributed by atoms with Gasteiger partial charge in [-0.05, 0) is 30.9 Å². The van der Waals surface area contributed by atoms with Crippen LogP contribution >= 0.6 is 0 Å². The van der Waals surface area contributed by atoms with E-state index in [9.17, 15) is 9.59 Å². The largest absolute Gasteiger partial charge is 0.480 e. The van der Waals surface area contributed by atoms with E-state index >= 15 is 0 Å². The Morgan fingerprint density at radius 2 is 2.00 bits per heavy atom. The zero-order valence-electron chi connectivity index (χ0n) is 9.69. The van der Waals surface area contributed by atoms with Gasteiger partial charge in [0.2, 0.25) is 5.91 Å². The molecule has 2 N–H and O–H groups in total. The molecule has 17 heavy (non-hydrogen) atoms. The standard InChI is InChI=1S/C13H15NO3/c1-9-4-2-3-5-10(9)8-14-11(15)13(6-7-13)12(16)17/h2-5H,6-8H2,1H3,(H,14,15)(H,16,17). The monoisotopic (exact) mass is 233 g/mol. The van der Waals surface area contributed by atoms with Crippen LogP contribution in [0.1, 0.15) is 24.0 Å². The van der Waals surface area contributed by atoms with Crippen LogP contribution in [-0.2, 0) is 16.1 Å². The molecule has 1 aromatic carbocycles. The van der Waals surface area contributed by atoms with Gasteiger partial charge < -0.3 is 10.4 Å². The first kappa shape index (κ1) is 11.6. The molecule has 0 aromatic heterocycles. The number of carboxylic acid groups (broad SMARTS) is 1. The van der Waals surface area contributed by atoms with E-state index < -0.39 is 11.4 Å². The van der Waals surface area contributed by atoms with Gasteiger partial charge >= 0.3 is 5.97 Å². The highest BCUT2D eigenvalue weighted by Gasteiger charge is 2.56. The van der Waals surface area contributed by atoms with Crippen molar-refractivity contribution >= 4 is 11.9 Å². The Kier molecular flexibility index (Phi) is 2.88. The summed E-state index contributed by atoms with van der Waals surface area (Å²) in [6, 6.07) is 7.72. The van der Waals surface area contributed by atoms with Crippen molar-refractivity contribution < 1.29 is 14.7 Å². The van der Waals surface area contributed by atoms with Crippen molar-refractivity contribution in [1.82, 2.24) is 5.32 Å². The molecule has 1 saturated carbocycles. The zero-order chi connectivity index (χ0) is 12.5. The predicted octanol–water partition coefficient (Wildman–Crippen LogP) is 1.48. The zero-order valence-corrected chi connectivity index (χ0v) is 9.69. The Hall–Kier alpha value is -1.84. The van der Waals surface area contributed by atoms with Crippen LogP contribution in [0.3, 0.4) is 0 Å². The summed E-state index contributed by atoms with van der Waals surface area (Å²) in [7, 11) is 0. The van der Waals surface area contributed by atoms with Crippen LogP contribution < -0.4 is 5.32 Å². The smallest absolute Gasteiger partial charge is 0.319 e. The predicted molar refractivity (Wildman–Crippen MR) is 62.3 cm³/mol. The van der Waals surface area contributed by atoms with Crippen molar-refractivity contribution in [2.75, 3.05) is 0 Å². The second-order valence-electron chi connectivity index (χ2n) is 4.50. The van der Waals surface area contributed by atoms with Gasteiger partial charge in [0.1, 0.15) is 5.41 Å². The third-order valence-corrected chi connectivity index (χ3v) is 3.29. The Bertz CT molecular complexity index is 463. The molecule has 0 saturated heterocycles. The number of aliphatic carboxylic acids is 1. The van der Waals surface area contributed by atoms with Gasteiger partial charge in [-0.3, -0.25) is 9.59 Å². The Labute approximate surface area is 99.6 Å². The summed E-state index contributed by atoms with van der Waals surface area (Å²) in [6.45, 7) is 2.35. The third-order valence-electron chi connectivity index (χ3n) is 3.29. The second-order valence-corrected chi connectivity index (χ2v) is 4.50. The number of hydrogen-bond donors (Lipinski definition) is 2. The summed E-state index contributed by atoms with van der Waals surface area (Å²) < 4.78 is 0. The molecule has 90 valence electrons. The fraction of sp³-hybridized carbons (Fsp3) is 0.385. The Balaban J connectivity index is 1.98. The normalized spacial score (nSPS) is 16.3. The quantitative estimate of drug-likeness (QED) is 0.774. The van der Waals surface area contributed by atoms with Crippen LogP contribution in [0.25, 0.3) is 0 Å². The average Bonchev–Trinajstić information content (AvgIpc) is 3.08. The molecule has 4 nitrogen and oxygen atoms in total. The Morgan fingerprint density at radius 3 is 2.53 bits per heavy atom. The highest BCUT2D eigenvalue weighted by Crippen LogP contribution is 2.46.